The van der Waals surface area contributed by atoms with E-state index in [2.05, 4.69) is 0 Å². The Hall–Kier alpha value is -0.180. The molecule has 11 heavy (non-hydrogen) atoms. The van der Waals surface area contributed by atoms with Gasteiger partial charge in [-0.25, -0.2) is 8.78 Å². The van der Waals surface area contributed by atoms with Crippen molar-refractivity contribution in [3.05, 3.63) is 0 Å². The molecule has 0 aromatic rings. The van der Waals surface area contributed by atoms with Crippen molar-refractivity contribution < 1.29 is 13.9 Å². The quantitative estimate of drug-likeness (QED) is 0.663. The molecule has 66 valence electrons. The Labute approximate surface area is 65.4 Å². The van der Waals surface area contributed by atoms with Gasteiger partial charge < -0.3 is 5.11 Å². The molecule has 0 saturated heterocycles. The molecule has 1 aliphatic carbocycles. The van der Waals surface area contributed by atoms with E-state index in [9.17, 15) is 8.78 Å². The normalized spacial score (nSPS) is 24.0. The number of halogens is 2. The van der Waals surface area contributed by atoms with Gasteiger partial charge in [-0.1, -0.05) is 19.3 Å². The standard InChI is InChI=1S/C8H14F2O/c9-8(10)7(11)6-4-2-1-3-5-6/h6-8,11H,1-5H2/t7-/m0/s1. The Morgan fingerprint density at radius 1 is 1.09 bits per heavy atom. The van der Waals surface area contributed by atoms with Gasteiger partial charge in [0.15, 0.2) is 0 Å². The van der Waals surface area contributed by atoms with E-state index in [-0.39, 0.29) is 5.92 Å². The minimum Gasteiger partial charge on any atom is -0.387 e. The van der Waals surface area contributed by atoms with Crippen LogP contribution < -0.4 is 0 Å². The largest absolute Gasteiger partial charge is 0.387 e. The SMILES string of the molecule is O[C@H](C(F)F)C1CCCCC1. The highest BCUT2D eigenvalue weighted by Crippen LogP contribution is 2.28. The predicted molar refractivity (Wildman–Crippen MR) is 38.6 cm³/mol. The van der Waals surface area contributed by atoms with Gasteiger partial charge in [-0.15, -0.1) is 0 Å². The molecule has 3 heteroatoms. The number of rotatable bonds is 2. The van der Waals surface area contributed by atoms with Gasteiger partial charge in [0.25, 0.3) is 6.43 Å². The zero-order valence-corrected chi connectivity index (χ0v) is 6.47. The summed E-state index contributed by atoms with van der Waals surface area (Å²) in [6, 6.07) is 0. The van der Waals surface area contributed by atoms with Gasteiger partial charge in [-0.2, -0.15) is 0 Å². The summed E-state index contributed by atoms with van der Waals surface area (Å²) in [6.45, 7) is 0. The van der Waals surface area contributed by atoms with Gasteiger partial charge in [-0.05, 0) is 18.8 Å². The summed E-state index contributed by atoms with van der Waals surface area (Å²) in [7, 11) is 0. The summed E-state index contributed by atoms with van der Waals surface area (Å²) in [4.78, 5) is 0. The number of hydrogen-bond acceptors (Lipinski definition) is 1. The fourth-order valence-electron chi connectivity index (χ4n) is 1.68. The van der Waals surface area contributed by atoms with Crippen molar-refractivity contribution in [1.82, 2.24) is 0 Å². The van der Waals surface area contributed by atoms with Crippen molar-refractivity contribution in [2.45, 2.75) is 44.6 Å². The molecule has 0 spiro atoms. The lowest BCUT2D eigenvalue weighted by atomic mass is 9.85. The average Bonchev–Trinajstić information content (AvgIpc) is 2.05. The Balaban J connectivity index is 2.32. The summed E-state index contributed by atoms with van der Waals surface area (Å²) in [5.74, 6) is -0.149. The zero-order valence-electron chi connectivity index (χ0n) is 6.47. The first-order chi connectivity index (χ1) is 5.22. The molecule has 0 aromatic heterocycles. The van der Waals surface area contributed by atoms with Gasteiger partial charge in [0.2, 0.25) is 0 Å². The second kappa shape index (κ2) is 4.00. The summed E-state index contributed by atoms with van der Waals surface area (Å²) in [5.41, 5.74) is 0. The van der Waals surface area contributed by atoms with Crippen LogP contribution in [0, 0.1) is 5.92 Å². The second-order valence-electron chi connectivity index (χ2n) is 3.22. The first-order valence-corrected chi connectivity index (χ1v) is 4.18. The van der Waals surface area contributed by atoms with E-state index in [0.29, 0.717) is 0 Å². The van der Waals surface area contributed by atoms with Gasteiger partial charge in [0.05, 0.1) is 0 Å². The van der Waals surface area contributed by atoms with E-state index in [1.54, 1.807) is 0 Å². The molecule has 0 aromatic carbocycles. The van der Waals surface area contributed by atoms with E-state index < -0.39 is 12.5 Å². The van der Waals surface area contributed by atoms with Crippen LogP contribution in [0.15, 0.2) is 0 Å². The zero-order chi connectivity index (χ0) is 8.27. The van der Waals surface area contributed by atoms with Crippen molar-refractivity contribution in [2.75, 3.05) is 0 Å². The number of alkyl halides is 2. The van der Waals surface area contributed by atoms with Crippen LogP contribution in [0.2, 0.25) is 0 Å². The molecule has 0 radical (unpaired) electrons. The minimum absolute atomic E-state index is 0.149. The summed E-state index contributed by atoms with van der Waals surface area (Å²) in [6.07, 6.45) is 0.722. The van der Waals surface area contributed by atoms with Crippen LogP contribution in [-0.2, 0) is 0 Å². The Morgan fingerprint density at radius 3 is 2.09 bits per heavy atom. The molecule has 0 unspecified atom stereocenters. The van der Waals surface area contributed by atoms with Crippen LogP contribution in [-0.4, -0.2) is 17.6 Å². The third-order valence-electron chi connectivity index (χ3n) is 2.39. The highest BCUT2D eigenvalue weighted by atomic mass is 19.3. The second-order valence-corrected chi connectivity index (χ2v) is 3.22. The lowest BCUT2D eigenvalue weighted by Crippen LogP contribution is -2.29. The molecule has 1 fully saturated rings. The third kappa shape index (κ3) is 2.40. The smallest absolute Gasteiger partial charge is 0.264 e. The van der Waals surface area contributed by atoms with E-state index in [4.69, 9.17) is 5.11 Å². The van der Waals surface area contributed by atoms with Gasteiger partial charge in [0, 0.05) is 0 Å². The van der Waals surface area contributed by atoms with Crippen molar-refractivity contribution in [2.24, 2.45) is 5.92 Å². The molecule has 0 bridgehead atoms. The van der Waals surface area contributed by atoms with E-state index >= 15 is 0 Å². The van der Waals surface area contributed by atoms with Crippen LogP contribution in [0.3, 0.4) is 0 Å². The van der Waals surface area contributed by atoms with E-state index in [1.165, 1.54) is 0 Å². The Bertz CT molecular complexity index is 111. The summed E-state index contributed by atoms with van der Waals surface area (Å²) < 4.78 is 23.9. The van der Waals surface area contributed by atoms with Gasteiger partial charge >= 0.3 is 0 Å². The fourth-order valence-corrected chi connectivity index (χ4v) is 1.68. The molecule has 0 aliphatic heterocycles. The van der Waals surface area contributed by atoms with Crippen molar-refractivity contribution >= 4 is 0 Å². The topological polar surface area (TPSA) is 20.2 Å². The van der Waals surface area contributed by atoms with Gasteiger partial charge in [0.1, 0.15) is 6.10 Å². The maximum absolute atomic E-state index is 12.0. The van der Waals surface area contributed by atoms with Crippen molar-refractivity contribution in [3.63, 3.8) is 0 Å². The molecular weight excluding hydrogens is 150 g/mol. The Kier molecular flexibility index (Phi) is 3.24. The summed E-state index contributed by atoms with van der Waals surface area (Å²) in [5, 5.41) is 9.00. The lowest BCUT2D eigenvalue weighted by Gasteiger charge is -2.25. The van der Waals surface area contributed by atoms with Crippen LogP contribution in [0.25, 0.3) is 0 Å². The monoisotopic (exact) mass is 164 g/mol. The van der Waals surface area contributed by atoms with Crippen LogP contribution >= 0.6 is 0 Å². The molecule has 1 rings (SSSR count). The van der Waals surface area contributed by atoms with Crippen molar-refractivity contribution in [1.29, 1.82) is 0 Å². The highest BCUT2D eigenvalue weighted by Gasteiger charge is 2.28. The maximum atomic E-state index is 12.0. The predicted octanol–water partition coefficient (Wildman–Crippen LogP) is 2.19. The third-order valence-corrected chi connectivity index (χ3v) is 2.39. The average molecular weight is 164 g/mol. The number of hydrogen-bond donors (Lipinski definition) is 1. The Morgan fingerprint density at radius 2 is 1.64 bits per heavy atom. The fraction of sp³-hybridized carbons (Fsp3) is 1.00. The first kappa shape index (κ1) is 8.91. The number of aliphatic hydroxyl groups is 1. The molecular formula is C8H14F2O. The molecule has 1 saturated carbocycles. The van der Waals surface area contributed by atoms with E-state index in [1.807, 2.05) is 0 Å². The molecule has 0 heterocycles. The minimum atomic E-state index is -2.56. The molecule has 1 N–H and O–H groups in total. The maximum Gasteiger partial charge on any atom is 0.264 e. The van der Waals surface area contributed by atoms with Crippen LogP contribution in [0.5, 0.6) is 0 Å². The van der Waals surface area contributed by atoms with Crippen LogP contribution in [0.4, 0.5) is 8.78 Å². The molecule has 1 atom stereocenters. The summed E-state index contributed by atoms with van der Waals surface area (Å²) >= 11 is 0. The van der Waals surface area contributed by atoms with Gasteiger partial charge in [-0.3, -0.25) is 0 Å². The lowest BCUT2D eigenvalue weighted by molar-refractivity contribution is -0.0471. The molecule has 1 aliphatic rings. The van der Waals surface area contributed by atoms with Crippen molar-refractivity contribution in [3.8, 4) is 0 Å². The number of aliphatic hydroxyl groups excluding tert-OH is 1. The molecule has 1 nitrogen and oxygen atoms in total. The highest BCUT2D eigenvalue weighted by molar-refractivity contribution is 4.74. The first-order valence-electron chi connectivity index (χ1n) is 4.18. The van der Waals surface area contributed by atoms with E-state index in [0.717, 1.165) is 32.1 Å². The van der Waals surface area contributed by atoms with Crippen LogP contribution in [0.1, 0.15) is 32.1 Å². The molecule has 0 amide bonds.